The zero-order valence-electron chi connectivity index (χ0n) is 10.5. The van der Waals surface area contributed by atoms with E-state index in [0.29, 0.717) is 31.8 Å². The largest absolute Gasteiger partial charge is 0.368 e. The van der Waals surface area contributed by atoms with Gasteiger partial charge in [-0.15, -0.1) is 0 Å². The Hall–Kier alpha value is -1.10. The third-order valence-electron chi connectivity index (χ3n) is 3.32. The Morgan fingerprint density at radius 3 is 2.82 bits per heavy atom. The van der Waals surface area contributed by atoms with Gasteiger partial charge >= 0.3 is 0 Å². The Labute approximate surface area is 103 Å². The van der Waals surface area contributed by atoms with E-state index < -0.39 is 11.9 Å². The number of primary amides is 1. The van der Waals surface area contributed by atoms with E-state index in [4.69, 9.17) is 11.5 Å². The van der Waals surface area contributed by atoms with E-state index in [9.17, 15) is 9.59 Å². The second-order valence-electron chi connectivity index (χ2n) is 4.75. The number of nitrogens with two attached hydrogens (primary N) is 2. The van der Waals surface area contributed by atoms with Crippen molar-refractivity contribution in [2.45, 2.75) is 45.1 Å². The van der Waals surface area contributed by atoms with Crippen LogP contribution < -0.4 is 11.5 Å². The normalized spacial score (nSPS) is 21.9. The molecule has 1 heterocycles. The van der Waals surface area contributed by atoms with Gasteiger partial charge in [-0.25, -0.2) is 0 Å². The highest BCUT2D eigenvalue weighted by molar-refractivity contribution is 5.87. The van der Waals surface area contributed by atoms with Crippen LogP contribution in [0.5, 0.6) is 0 Å². The number of hydrogen-bond acceptors (Lipinski definition) is 3. The molecule has 1 fully saturated rings. The molecular formula is C12H23N3O2. The molecule has 2 amide bonds. The van der Waals surface area contributed by atoms with Crippen LogP contribution in [0.1, 0.15) is 39.0 Å². The molecule has 1 saturated heterocycles. The summed E-state index contributed by atoms with van der Waals surface area (Å²) in [6, 6.07) is -0.465. The standard InChI is InChI=1S/C12H23N3O2/c1-2-4-9-7-11(16)15(8-9)10(12(14)17)5-3-6-13/h9-10H,2-8,13H2,1H3,(H2,14,17). The second-order valence-corrected chi connectivity index (χ2v) is 4.75. The van der Waals surface area contributed by atoms with Crippen molar-refractivity contribution in [3.05, 3.63) is 0 Å². The van der Waals surface area contributed by atoms with Crippen molar-refractivity contribution in [1.82, 2.24) is 4.90 Å². The van der Waals surface area contributed by atoms with Crippen molar-refractivity contribution in [2.75, 3.05) is 13.1 Å². The summed E-state index contributed by atoms with van der Waals surface area (Å²) in [5.41, 5.74) is 10.8. The number of likely N-dealkylation sites (tertiary alicyclic amines) is 1. The lowest BCUT2D eigenvalue weighted by atomic mass is 10.0. The minimum atomic E-state index is -0.465. The minimum Gasteiger partial charge on any atom is -0.368 e. The Morgan fingerprint density at radius 1 is 1.59 bits per heavy atom. The Balaban J connectivity index is 2.61. The van der Waals surface area contributed by atoms with Crippen LogP contribution in [0.15, 0.2) is 0 Å². The fourth-order valence-electron chi connectivity index (χ4n) is 2.47. The van der Waals surface area contributed by atoms with Crippen LogP contribution in [-0.2, 0) is 9.59 Å². The molecule has 0 aromatic rings. The van der Waals surface area contributed by atoms with Crippen LogP contribution in [0.25, 0.3) is 0 Å². The number of carbonyl (C=O) groups is 2. The van der Waals surface area contributed by atoms with Gasteiger partial charge in [-0.1, -0.05) is 13.3 Å². The molecule has 2 unspecified atom stereocenters. The van der Waals surface area contributed by atoms with E-state index in [1.807, 2.05) is 0 Å². The molecule has 1 aliphatic rings. The van der Waals surface area contributed by atoms with Gasteiger partial charge in [-0.05, 0) is 31.7 Å². The molecule has 4 N–H and O–H groups in total. The van der Waals surface area contributed by atoms with Gasteiger partial charge in [0.05, 0.1) is 0 Å². The minimum absolute atomic E-state index is 0.0595. The summed E-state index contributed by atoms with van der Waals surface area (Å²) >= 11 is 0. The lowest BCUT2D eigenvalue weighted by molar-refractivity contribution is -0.136. The van der Waals surface area contributed by atoms with Crippen molar-refractivity contribution in [3.8, 4) is 0 Å². The van der Waals surface area contributed by atoms with Crippen LogP contribution in [0.2, 0.25) is 0 Å². The molecule has 0 aromatic carbocycles. The molecule has 17 heavy (non-hydrogen) atoms. The average Bonchev–Trinajstić information content (AvgIpc) is 2.61. The number of nitrogens with zero attached hydrogens (tertiary/aromatic N) is 1. The van der Waals surface area contributed by atoms with Crippen LogP contribution in [0, 0.1) is 5.92 Å². The molecule has 0 saturated carbocycles. The third-order valence-corrected chi connectivity index (χ3v) is 3.32. The Kier molecular flexibility index (Phi) is 5.41. The number of hydrogen-bond donors (Lipinski definition) is 2. The number of amides is 2. The van der Waals surface area contributed by atoms with Gasteiger partial charge in [0.1, 0.15) is 6.04 Å². The number of rotatable bonds is 7. The molecule has 0 spiro atoms. The van der Waals surface area contributed by atoms with Gasteiger partial charge in [0.2, 0.25) is 11.8 Å². The summed E-state index contributed by atoms with van der Waals surface area (Å²) in [5, 5.41) is 0. The first-order valence-corrected chi connectivity index (χ1v) is 6.39. The lowest BCUT2D eigenvalue weighted by Gasteiger charge is -2.25. The molecule has 0 aliphatic carbocycles. The van der Waals surface area contributed by atoms with Gasteiger partial charge < -0.3 is 16.4 Å². The van der Waals surface area contributed by atoms with E-state index >= 15 is 0 Å². The van der Waals surface area contributed by atoms with Crippen molar-refractivity contribution >= 4 is 11.8 Å². The fraction of sp³-hybridized carbons (Fsp3) is 0.833. The molecule has 0 radical (unpaired) electrons. The van der Waals surface area contributed by atoms with Crippen molar-refractivity contribution in [2.24, 2.45) is 17.4 Å². The lowest BCUT2D eigenvalue weighted by Crippen LogP contribution is -2.45. The highest BCUT2D eigenvalue weighted by atomic mass is 16.2. The first-order valence-electron chi connectivity index (χ1n) is 6.39. The molecule has 5 heteroatoms. The summed E-state index contributed by atoms with van der Waals surface area (Å²) in [7, 11) is 0. The SMILES string of the molecule is CCCC1CC(=O)N(C(CCCN)C(N)=O)C1. The van der Waals surface area contributed by atoms with E-state index in [0.717, 1.165) is 19.3 Å². The van der Waals surface area contributed by atoms with Crippen LogP contribution >= 0.6 is 0 Å². The van der Waals surface area contributed by atoms with E-state index in [1.165, 1.54) is 0 Å². The van der Waals surface area contributed by atoms with E-state index in [2.05, 4.69) is 6.92 Å². The maximum atomic E-state index is 11.9. The molecule has 1 aliphatic heterocycles. The van der Waals surface area contributed by atoms with E-state index in [1.54, 1.807) is 4.90 Å². The highest BCUT2D eigenvalue weighted by Gasteiger charge is 2.35. The van der Waals surface area contributed by atoms with Crippen LogP contribution in [0.4, 0.5) is 0 Å². The highest BCUT2D eigenvalue weighted by Crippen LogP contribution is 2.25. The molecule has 98 valence electrons. The smallest absolute Gasteiger partial charge is 0.240 e. The molecule has 0 aromatic heterocycles. The summed E-state index contributed by atoms with van der Waals surface area (Å²) in [5.74, 6) is 0.0282. The zero-order chi connectivity index (χ0) is 12.8. The van der Waals surface area contributed by atoms with Crippen molar-refractivity contribution < 1.29 is 9.59 Å². The topological polar surface area (TPSA) is 89.4 Å². The quantitative estimate of drug-likeness (QED) is 0.668. The summed E-state index contributed by atoms with van der Waals surface area (Å²) in [6.45, 7) is 3.29. The summed E-state index contributed by atoms with van der Waals surface area (Å²) in [4.78, 5) is 24.9. The van der Waals surface area contributed by atoms with Crippen molar-refractivity contribution in [1.29, 1.82) is 0 Å². The van der Waals surface area contributed by atoms with Gasteiger partial charge in [-0.2, -0.15) is 0 Å². The average molecular weight is 241 g/mol. The second kappa shape index (κ2) is 6.59. The number of carbonyl (C=O) groups excluding carboxylic acids is 2. The monoisotopic (exact) mass is 241 g/mol. The fourth-order valence-corrected chi connectivity index (χ4v) is 2.47. The maximum Gasteiger partial charge on any atom is 0.240 e. The Morgan fingerprint density at radius 2 is 2.29 bits per heavy atom. The predicted octanol–water partition coefficient (Wildman–Crippen LogP) is 0.228. The van der Waals surface area contributed by atoms with Gasteiger partial charge in [0, 0.05) is 13.0 Å². The zero-order valence-corrected chi connectivity index (χ0v) is 10.5. The van der Waals surface area contributed by atoms with Crippen LogP contribution in [0.3, 0.4) is 0 Å². The molecular weight excluding hydrogens is 218 g/mol. The molecule has 5 nitrogen and oxygen atoms in total. The van der Waals surface area contributed by atoms with E-state index in [-0.39, 0.29) is 5.91 Å². The molecule has 1 rings (SSSR count). The summed E-state index contributed by atoms with van der Waals surface area (Å²) in [6.07, 6.45) is 3.95. The Bertz CT molecular complexity index is 281. The molecule has 0 bridgehead atoms. The van der Waals surface area contributed by atoms with Gasteiger partial charge in [-0.3, -0.25) is 9.59 Å². The molecule has 2 atom stereocenters. The first-order chi connectivity index (χ1) is 8.10. The van der Waals surface area contributed by atoms with Gasteiger partial charge in [0.25, 0.3) is 0 Å². The maximum absolute atomic E-state index is 11.9. The van der Waals surface area contributed by atoms with Gasteiger partial charge in [0.15, 0.2) is 0 Å². The van der Waals surface area contributed by atoms with Crippen molar-refractivity contribution in [3.63, 3.8) is 0 Å². The first kappa shape index (κ1) is 14.0. The predicted molar refractivity (Wildman–Crippen MR) is 66.0 cm³/mol. The van der Waals surface area contributed by atoms with Crippen LogP contribution in [-0.4, -0.2) is 35.8 Å². The third kappa shape index (κ3) is 3.70. The summed E-state index contributed by atoms with van der Waals surface area (Å²) < 4.78 is 0.